The summed E-state index contributed by atoms with van der Waals surface area (Å²) < 4.78 is 41.1. The van der Waals surface area contributed by atoms with Crippen LogP contribution in [-0.2, 0) is 17.5 Å². The average Bonchev–Trinajstić information content (AvgIpc) is 3.57. The second-order valence-electron chi connectivity index (χ2n) is 8.54. The summed E-state index contributed by atoms with van der Waals surface area (Å²) >= 11 is 0. The maximum absolute atomic E-state index is 13.3. The zero-order chi connectivity index (χ0) is 24.9. The molecule has 3 aromatic rings. The molecule has 3 heterocycles. The topological polar surface area (TPSA) is 104 Å². The Balaban J connectivity index is 1.55. The van der Waals surface area contributed by atoms with E-state index in [4.69, 9.17) is 0 Å². The molecule has 1 aliphatic carbocycles. The van der Waals surface area contributed by atoms with E-state index in [0.717, 1.165) is 18.9 Å². The van der Waals surface area contributed by atoms with E-state index in [1.807, 2.05) is 4.90 Å². The first-order valence-electron chi connectivity index (χ1n) is 11.0. The highest BCUT2D eigenvalue weighted by molar-refractivity contribution is 6.02. The van der Waals surface area contributed by atoms with Crippen LogP contribution >= 0.6 is 0 Å². The van der Waals surface area contributed by atoms with Crippen LogP contribution in [0.5, 0.6) is 0 Å². The van der Waals surface area contributed by atoms with Crippen molar-refractivity contribution in [1.29, 1.82) is 0 Å². The van der Waals surface area contributed by atoms with Gasteiger partial charge in [-0.1, -0.05) is 6.07 Å². The third kappa shape index (κ3) is 4.27. The Labute approximate surface area is 198 Å². The summed E-state index contributed by atoms with van der Waals surface area (Å²) in [6.07, 6.45) is -1.52. The Bertz CT molecular complexity index is 1330. The van der Waals surface area contributed by atoms with Gasteiger partial charge in [-0.05, 0) is 31.0 Å². The first-order chi connectivity index (χ1) is 16.7. The Morgan fingerprint density at radius 1 is 1.14 bits per heavy atom. The van der Waals surface area contributed by atoms with Gasteiger partial charge >= 0.3 is 6.18 Å². The van der Waals surface area contributed by atoms with Crippen molar-refractivity contribution in [2.45, 2.75) is 25.6 Å². The molecule has 0 radical (unpaired) electrons. The summed E-state index contributed by atoms with van der Waals surface area (Å²) in [5.74, 6) is -0.243. The number of halogens is 3. The van der Waals surface area contributed by atoms with E-state index in [-0.39, 0.29) is 29.8 Å². The summed E-state index contributed by atoms with van der Waals surface area (Å²) in [6, 6.07) is 7.73. The highest BCUT2D eigenvalue weighted by atomic mass is 19.4. The minimum Gasteiger partial charge on any atom is -0.365 e. The van der Waals surface area contributed by atoms with Gasteiger partial charge in [-0.3, -0.25) is 9.59 Å². The molecule has 182 valence electrons. The molecular formula is C23H22F3N7O2. The smallest absolute Gasteiger partial charge is 0.365 e. The molecule has 0 unspecified atom stereocenters. The Hall–Kier alpha value is -4.09. The van der Waals surface area contributed by atoms with Gasteiger partial charge in [0.15, 0.2) is 5.69 Å². The molecule has 0 saturated heterocycles. The molecule has 1 saturated carbocycles. The third-order valence-corrected chi connectivity index (χ3v) is 5.94. The number of nitrogens with one attached hydrogen (secondary N) is 3. The first-order valence-corrected chi connectivity index (χ1v) is 11.0. The molecule has 0 bridgehead atoms. The zero-order valence-electron chi connectivity index (χ0n) is 18.9. The van der Waals surface area contributed by atoms with Crippen LogP contribution in [0.4, 0.5) is 36.1 Å². The van der Waals surface area contributed by atoms with E-state index in [1.54, 1.807) is 31.3 Å². The summed E-state index contributed by atoms with van der Waals surface area (Å²) in [6.45, 7) is 0.204. The van der Waals surface area contributed by atoms with Crippen LogP contribution in [0, 0.1) is 5.92 Å². The number of hydrogen-bond donors (Lipinski definition) is 3. The predicted molar refractivity (Wildman–Crippen MR) is 123 cm³/mol. The number of nitrogens with zero attached hydrogens (tertiary/aromatic N) is 4. The van der Waals surface area contributed by atoms with Gasteiger partial charge in [-0.15, -0.1) is 0 Å². The molecule has 1 aliphatic heterocycles. The van der Waals surface area contributed by atoms with Gasteiger partial charge in [0.2, 0.25) is 5.91 Å². The minimum atomic E-state index is -4.56. The summed E-state index contributed by atoms with van der Waals surface area (Å²) in [5, 5.41) is 12.3. The molecule has 2 aliphatic rings. The number of anilines is 4. The first kappa shape index (κ1) is 22.7. The molecule has 0 spiro atoms. The van der Waals surface area contributed by atoms with Crippen LogP contribution in [0.2, 0.25) is 0 Å². The van der Waals surface area contributed by atoms with Crippen LogP contribution in [0.25, 0.3) is 5.69 Å². The highest BCUT2D eigenvalue weighted by Gasteiger charge is 2.37. The van der Waals surface area contributed by atoms with E-state index in [2.05, 4.69) is 26.0 Å². The quantitative estimate of drug-likeness (QED) is 0.509. The lowest BCUT2D eigenvalue weighted by molar-refractivity contribution is -0.141. The number of hydrogen-bond acceptors (Lipinski definition) is 6. The molecule has 12 heteroatoms. The second-order valence-corrected chi connectivity index (χ2v) is 8.54. The number of carbonyl (C=O) groups excluding carboxylic acids is 2. The number of rotatable bonds is 5. The van der Waals surface area contributed by atoms with Crippen molar-refractivity contribution >= 4 is 34.7 Å². The van der Waals surface area contributed by atoms with Gasteiger partial charge in [0.1, 0.15) is 5.82 Å². The fourth-order valence-corrected chi connectivity index (χ4v) is 4.07. The van der Waals surface area contributed by atoms with Crippen molar-refractivity contribution in [1.82, 2.24) is 20.1 Å². The molecule has 35 heavy (non-hydrogen) atoms. The van der Waals surface area contributed by atoms with Crippen molar-refractivity contribution in [3.05, 3.63) is 53.5 Å². The molecule has 1 aromatic carbocycles. The van der Waals surface area contributed by atoms with E-state index in [0.29, 0.717) is 34.3 Å². The van der Waals surface area contributed by atoms with Crippen LogP contribution in [0.1, 0.15) is 34.6 Å². The number of aromatic nitrogens is 3. The van der Waals surface area contributed by atoms with Gasteiger partial charge in [0, 0.05) is 32.3 Å². The summed E-state index contributed by atoms with van der Waals surface area (Å²) in [4.78, 5) is 30.7. The van der Waals surface area contributed by atoms with Crippen LogP contribution in [0.15, 0.2) is 36.5 Å². The van der Waals surface area contributed by atoms with E-state index >= 15 is 0 Å². The average molecular weight is 485 g/mol. The lowest BCUT2D eigenvalue weighted by Crippen LogP contribution is -2.26. The summed E-state index contributed by atoms with van der Waals surface area (Å²) in [5.41, 5.74) is 1.70. The highest BCUT2D eigenvalue weighted by Crippen LogP contribution is 2.41. The molecular weight excluding hydrogens is 463 g/mol. The second kappa shape index (κ2) is 8.29. The maximum atomic E-state index is 13.3. The molecule has 0 atom stereocenters. The normalized spacial score (nSPS) is 14.7. The van der Waals surface area contributed by atoms with Gasteiger partial charge in [0.05, 0.1) is 40.6 Å². The van der Waals surface area contributed by atoms with E-state index < -0.39 is 11.9 Å². The van der Waals surface area contributed by atoms with Crippen molar-refractivity contribution in [3.63, 3.8) is 0 Å². The van der Waals surface area contributed by atoms with Crippen molar-refractivity contribution < 1.29 is 22.8 Å². The maximum Gasteiger partial charge on any atom is 0.435 e. The SMILES string of the molecule is CNC(=O)c1cnc(NC(=O)C2CC2)cc1Nc1cccc2c1N(C)Cc1cc(C(F)(F)F)nn1-2. The molecule has 3 N–H and O–H groups in total. The standard InChI is InChI=1S/C23H22F3N7O2/c1-27-22(35)14-10-28-19(30-21(34)12-6-7-12)9-16(14)29-15-4-3-5-17-20(15)32(2)11-13-8-18(23(24,25)26)31-33(13)17/h3-5,8-10,12H,6-7,11H2,1-2H3,(H,27,35)(H2,28,29,30,34). The molecule has 1 fully saturated rings. The van der Waals surface area contributed by atoms with Gasteiger partial charge in [-0.2, -0.15) is 18.3 Å². The van der Waals surface area contributed by atoms with Crippen molar-refractivity contribution in [3.8, 4) is 5.69 Å². The number of benzene rings is 1. The van der Waals surface area contributed by atoms with Crippen LogP contribution in [0.3, 0.4) is 0 Å². The largest absolute Gasteiger partial charge is 0.435 e. The Kier molecular flexibility index (Phi) is 5.37. The number of alkyl halides is 3. The van der Waals surface area contributed by atoms with Crippen molar-refractivity contribution in [2.75, 3.05) is 29.6 Å². The fourth-order valence-electron chi connectivity index (χ4n) is 4.07. The third-order valence-electron chi connectivity index (χ3n) is 5.94. The number of pyridine rings is 1. The molecule has 2 amide bonds. The molecule has 9 nitrogen and oxygen atoms in total. The van der Waals surface area contributed by atoms with E-state index in [9.17, 15) is 22.8 Å². The van der Waals surface area contributed by atoms with Gasteiger partial charge in [-0.25, -0.2) is 9.67 Å². The van der Waals surface area contributed by atoms with Gasteiger partial charge in [0.25, 0.3) is 5.91 Å². The lowest BCUT2D eigenvalue weighted by Gasteiger charge is -2.30. The predicted octanol–water partition coefficient (Wildman–Crippen LogP) is 3.69. The molecule has 5 rings (SSSR count). The lowest BCUT2D eigenvalue weighted by atomic mass is 10.1. The number of amides is 2. The number of para-hydroxylation sites is 1. The Morgan fingerprint density at radius 2 is 1.91 bits per heavy atom. The molecule has 2 aromatic heterocycles. The monoisotopic (exact) mass is 485 g/mol. The zero-order valence-corrected chi connectivity index (χ0v) is 18.9. The van der Waals surface area contributed by atoms with Crippen LogP contribution in [-0.4, -0.2) is 40.7 Å². The van der Waals surface area contributed by atoms with Crippen LogP contribution < -0.4 is 20.9 Å². The number of fused-ring (bicyclic) bond motifs is 3. The fraction of sp³-hybridized carbons (Fsp3) is 0.304. The van der Waals surface area contributed by atoms with Crippen molar-refractivity contribution in [2.24, 2.45) is 5.92 Å². The van der Waals surface area contributed by atoms with E-state index in [1.165, 1.54) is 17.9 Å². The minimum absolute atomic E-state index is 0.0218. The van der Waals surface area contributed by atoms with Gasteiger partial charge < -0.3 is 20.9 Å². The summed E-state index contributed by atoms with van der Waals surface area (Å²) in [7, 11) is 3.26. The Morgan fingerprint density at radius 3 is 2.60 bits per heavy atom. The number of carbonyl (C=O) groups is 2.